The third-order valence-corrected chi connectivity index (χ3v) is 7.83. The highest BCUT2D eigenvalue weighted by molar-refractivity contribution is 6.00. The molecule has 1 unspecified atom stereocenters. The van der Waals surface area contributed by atoms with Crippen LogP contribution in [-0.4, -0.2) is 63.6 Å². The number of H-pyrrole nitrogens is 1. The lowest BCUT2D eigenvalue weighted by Gasteiger charge is -2.34. The van der Waals surface area contributed by atoms with Crippen molar-refractivity contribution in [2.24, 2.45) is 0 Å². The van der Waals surface area contributed by atoms with E-state index >= 15 is 0 Å². The number of amides is 1. The molecular weight excluding hydrogens is 514 g/mol. The number of likely N-dealkylation sites (tertiary alicyclic amines) is 1. The summed E-state index contributed by atoms with van der Waals surface area (Å²) in [5.41, 5.74) is 9.24. The molecule has 9 nitrogen and oxygen atoms in total. The zero-order valence-corrected chi connectivity index (χ0v) is 23.9. The predicted octanol–water partition coefficient (Wildman–Crippen LogP) is 5.50. The van der Waals surface area contributed by atoms with Crippen LogP contribution in [0, 0.1) is 11.3 Å². The summed E-state index contributed by atoms with van der Waals surface area (Å²) in [6, 6.07) is 21.5. The van der Waals surface area contributed by atoms with E-state index in [4.69, 9.17) is 15.5 Å². The van der Waals surface area contributed by atoms with Crippen molar-refractivity contribution in [1.82, 2.24) is 25.0 Å². The van der Waals surface area contributed by atoms with Crippen molar-refractivity contribution < 1.29 is 9.53 Å². The standard InChI is InChI=1S/C32H35N7O2/c1-32(2,38(3)4)18-23(19-33)31(40)39-16-8-9-22(20-39)26-17-27-28(30(34)37-36-27)29(35-26)21-12-14-25(15-13-21)41-24-10-6-5-7-11-24/h5-7,10-15,17-18,22H,8-9,16,20H2,1-4H3,(H3,34,36,37). The molecule has 0 aliphatic carbocycles. The van der Waals surface area contributed by atoms with E-state index in [-0.39, 0.29) is 17.4 Å². The van der Waals surface area contributed by atoms with E-state index < -0.39 is 5.54 Å². The van der Waals surface area contributed by atoms with Crippen LogP contribution in [0.4, 0.5) is 5.82 Å². The highest BCUT2D eigenvalue weighted by Crippen LogP contribution is 2.36. The van der Waals surface area contributed by atoms with Gasteiger partial charge in [-0.3, -0.25) is 14.9 Å². The van der Waals surface area contributed by atoms with Gasteiger partial charge in [-0.2, -0.15) is 10.4 Å². The Morgan fingerprint density at radius 2 is 1.88 bits per heavy atom. The molecule has 1 fully saturated rings. The molecule has 0 saturated carbocycles. The van der Waals surface area contributed by atoms with Crippen LogP contribution in [0.15, 0.2) is 72.3 Å². The molecule has 5 rings (SSSR count). The Hall–Kier alpha value is -4.68. The number of hydrogen-bond acceptors (Lipinski definition) is 7. The minimum atomic E-state index is -0.431. The van der Waals surface area contributed by atoms with Crippen LogP contribution in [0.1, 0.15) is 38.3 Å². The van der Waals surface area contributed by atoms with Crippen molar-refractivity contribution in [3.63, 3.8) is 0 Å². The summed E-state index contributed by atoms with van der Waals surface area (Å²) in [6.07, 6.45) is 3.45. The molecule has 0 bridgehead atoms. The Labute approximate surface area is 240 Å². The number of nitriles is 1. The van der Waals surface area contributed by atoms with Gasteiger partial charge >= 0.3 is 0 Å². The molecular formula is C32H35N7O2. The number of likely N-dealkylation sites (N-methyl/N-ethyl adjacent to an activating group) is 1. The maximum Gasteiger partial charge on any atom is 0.264 e. The summed E-state index contributed by atoms with van der Waals surface area (Å²) in [5.74, 6) is 1.62. The molecule has 1 saturated heterocycles. The van der Waals surface area contributed by atoms with Gasteiger partial charge in [0.25, 0.3) is 5.91 Å². The van der Waals surface area contributed by atoms with Crippen molar-refractivity contribution in [3.05, 3.63) is 78.0 Å². The number of ether oxygens (including phenoxy) is 1. The zero-order chi connectivity index (χ0) is 29.1. The minimum Gasteiger partial charge on any atom is -0.457 e. The lowest BCUT2D eigenvalue weighted by Crippen LogP contribution is -2.41. The average molecular weight is 550 g/mol. The smallest absolute Gasteiger partial charge is 0.264 e. The lowest BCUT2D eigenvalue weighted by molar-refractivity contribution is -0.128. The van der Waals surface area contributed by atoms with Crippen LogP contribution in [0.3, 0.4) is 0 Å². The third kappa shape index (κ3) is 5.93. The first-order valence-corrected chi connectivity index (χ1v) is 13.7. The summed E-state index contributed by atoms with van der Waals surface area (Å²) in [5, 5.41) is 17.9. The fourth-order valence-electron chi connectivity index (χ4n) is 5.01. The number of nitrogens with two attached hydrogens (primary N) is 1. The first-order valence-electron chi connectivity index (χ1n) is 13.7. The number of hydrogen-bond donors (Lipinski definition) is 2. The summed E-state index contributed by atoms with van der Waals surface area (Å²) in [4.78, 5) is 22.3. The maximum absolute atomic E-state index is 13.4. The third-order valence-electron chi connectivity index (χ3n) is 7.83. The Morgan fingerprint density at radius 3 is 2.56 bits per heavy atom. The second-order valence-corrected chi connectivity index (χ2v) is 11.2. The minimum absolute atomic E-state index is 0.00265. The molecule has 4 aromatic rings. The van der Waals surface area contributed by atoms with Crippen LogP contribution >= 0.6 is 0 Å². The Kier molecular flexibility index (Phi) is 7.77. The van der Waals surface area contributed by atoms with Crippen LogP contribution in [0.2, 0.25) is 0 Å². The fourth-order valence-corrected chi connectivity index (χ4v) is 5.01. The molecule has 1 aliphatic heterocycles. The SMILES string of the molecule is CN(C)C(C)(C)C=C(C#N)C(=O)N1CCCC(c2cc3[nH]nc(N)c3c(-c3ccc(Oc4ccccc4)cc3)n2)C1. The van der Waals surface area contributed by atoms with E-state index in [9.17, 15) is 10.1 Å². The molecule has 3 N–H and O–H groups in total. The number of nitrogens with zero attached hydrogens (tertiary/aromatic N) is 5. The second kappa shape index (κ2) is 11.4. The number of carbonyl (C=O) groups excluding carboxylic acids is 1. The fraction of sp³-hybridized carbons (Fsp3) is 0.312. The Morgan fingerprint density at radius 1 is 1.17 bits per heavy atom. The van der Waals surface area contributed by atoms with E-state index in [0.717, 1.165) is 46.4 Å². The van der Waals surface area contributed by atoms with Gasteiger partial charge < -0.3 is 20.3 Å². The van der Waals surface area contributed by atoms with Gasteiger partial charge in [-0.25, -0.2) is 0 Å². The number of nitrogen functional groups attached to an aromatic ring is 1. The number of piperidine rings is 1. The summed E-state index contributed by atoms with van der Waals surface area (Å²) >= 11 is 0. The Balaban J connectivity index is 1.43. The van der Waals surface area contributed by atoms with Gasteiger partial charge in [0.2, 0.25) is 0 Å². The van der Waals surface area contributed by atoms with E-state index in [2.05, 4.69) is 16.3 Å². The van der Waals surface area contributed by atoms with Gasteiger partial charge in [-0.1, -0.05) is 18.2 Å². The number of nitrogens with one attached hydrogen (secondary N) is 1. The van der Waals surface area contributed by atoms with E-state index in [1.165, 1.54) is 0 Å². The van der Waals surface area contributed by atoms with Gasteiger partial charge in [0.1, 0.15) is 23.1 Å². The summed E-state index contributed by atoms with van der Waals surface area (Å²) in [7, 11) is 3.86. The van der Waals surface area contributed by atoms with Crippen molar-refractivity contribution >= 4 is 22.6 Å². The number of aromatic amines is 1. The highest BCUT2D eigenvalue weighted by atomic mass is 16.5. The molecule has 2 aromatic carbocycles. The van der Waals surface area contributed by atoms with E-state index in [0.29, 0.717) is 24.7 Å². The molecule has 2 aromatic heterocycles. The molecule has 41 heavy (non-hydrogen) atoms. The maximum atomic E-state index is 13.4. The summed E-state index contributed by atoms with van der Waals surface area (Å²) in [6.45, 7) is 5.04. The van der Waals surface area contributed by atoms with Gasteiger partial charge in [0.15, 0.2) is 5.82 Å². The van der Waals surface area contributed by atoms with Crippen LogP contribution in [0.25, 0.3) is 22.2 Å². The topological polar surface area (TPSA) is 124 Å². The molecule has 1 atom stereocenters. The van der Waals surface area contributed by atoms with Gasteiger partial charge in [-0.15, -0.1) is 0 Å². The molecule has 1 aliphatic rings. The number of fused-ring (bicyclic) bond motifs is 1. The number of benzene rings is 2. The van der Waals surface area contributed by atoms with Crippen molar-refractivity contribution in [3.8, 4) is 28.8 Å². The second-order valence-electron chi connectivity index (χ2n) is 11.2. The number of aromatic nitrogens is 3. The zero-order valence-electron chi connectivity index (χ0n) is 23.9. The molecule has 0 radical (unpaired) electrons. The molecule has 9 heteroatoms. The van der Waals surface area contributed by atoms with Crippen LogP contribution in [0.5, 0.6) is 11.5 Å². The molecule has 1 amide bonds. The predicted molar refractivity (Wildman–Crippen MR) is 160 cm³/mol. The highest BCUT2D eigenvalue weighted by Gasteiger charge is 2.30. The number of rotatable bonds is 7. The first-order chi connectivity index (χ1) is 19.7. The van der Waals surface area contributed by atoms with Crippen LogP contribution < -0.4 is 10.5 Å². The van der Waals surface area contributed by atoms with E-state index in [1.807, 2.05) is 93.5 Å². The lowest BCUT2D eigenvalue weighted by atomic mass is 9.92. The van der Waals surface area contributed by atoms with Gasteiger partial charge in [0, 0.05) is 35.8 Å². The molecule has 0 spiro atoms. The normalized spacial score (nSPS) is 16.1. The van der Waals surface area contributed by atoms with Crippen molar-refractivity contribution in [2.45, 2.75) is 38.1 Å². The number of carbonyl (C=O) groups is 1. The number of pyridine rings is 1. The largest absolute Gasteiger partial charge is 0.457 e. The number of anilines is 1. The molecule has 210 valence electrons. The number of para-hydroxylation sites is 1. The summed E-state index contributed by atoms with van der Waals surface area (Å²) < 4.78 is 5.96. The van der Waals surface area contributed by atoms with Crippen molar-refractivity contribution in [2.75, 3.05) is 32.9 Å². The average Bonchev–Trinajstić information content (AvgIpc) is 3.36. The van der Waals surface area contributed by atoms with E-state index in [1.54, 1.807) is 11.0 Å². The van der Waals surface area contributed by atoms with Crippen molar-refractivity contribution in [1.29, 1.82) is 5.26 Å². The van der Waals surface area contributed by atoms with Gasteiger partial charge in [0.05, 0.1) is 16.6 Å². The van der Waals surface area contributed by atoms with Gasteiger partial charge in [-0.05, 0) is 89.3 Å². The molecule has 3 heterocycles. The monoisotopic (exact) mass is 549 g/mol. The Bertz CT molecular complexity index is 1620. The quantitative estimate of drug-likeness (QED) is 0.231. The first kappa shape index (κ1) is 27.9. The van der Waals surface area contributed by atoms with Crippen LogP contribution in [-0.2, 0) is 4.79 Å².